The first-order valence-corrected chi connectivity index (χ1v) is 12.0. The molecule has 4 rings (SSSR count). The number of ether oxygens (including phenoxy) is 4. The van der Waals surface area contributed by atoms with Gasteiger partial charge in [-0.15, -0.1) is 0 Å². The molecule has 1 aliphatic heterocycles. The molecule has 1 aliphatic rings. The smallest absolute Gasteiger partial charge is 0.451 e. The second-order valence-electron chi connectivity index (χ2n) is 8.06. The van der Waals surface area contributed by atoms with Crippen molar-refractivity contribution in [3.8, 4) is 22.8 Å². The van der Waals surface area contributed by atoms with Crippen molar-refractivity contribution in [3.05, 3.63) is 58.1 Å². The van der Waals surface area contributed by atoms with E-state index < -0.39 is 35.4 Å². The van der Waals surface area contributed by atoms with Crippen molar-refractivity contribution in [1.29, 1.82) is 0 Å². The number of carbonyl (C=O) groups is 1. The second-order valence-corrected chi connectivity index (χ2v) is 8.85. The maximum atomic E-state index is 13.9. The number of Topliss-reactive ketones (excluding diaryl/α,β-unsaturated/α-hetero) is 1. The van der Waals surface area contributed by atoms with Crippen molar-refractivity contribution in [2.45, 2.75) is 12.3 Å². The van der Waals surface area contributed by atoms with Gasteiger partial charge in [-0.05, 0) is 45.8 Å². The highest BCUT2D eigenvalue weighted by molar-refractivity contribution is 9.10. The minimum absolute atomic E-state index is 0.00384. The van der Waals surface area contributed by atoms with Crippen LogP contribution in [0, 0.1) is 0 Å². The molecular formula is C25H24BrF3N2O6. The Balaban J connectivity index is 1.70. The van der Waals surface area contributed by atoms with Crippen molar-refractivity contribution >= 4 is 27.4 Å². The Morgan fingerprint density at radius 3 is 2.16 bits per heavy atom. The molecule has 2 aromatic carbocycles. The number of anilines is 1. The molecule has 0 spiro atoms. The first-order chi connectivity index (χ1) is 17.7. The molecule has 0 bridgehead atoms. The molecular weight excluding hydrogens is 561 g/mol. The Labute approximate surface area is 219 Å². The lowest BCUT2D eigenvalue weighted by molar-refractivity contribution is -0.152. The van der Waals surface area contributed by atoms with E-state index in [4.69, 9.17) is 23.4 Å². The molecule has 1 aromatic heterocycles. The van der Waals surface area contributed by atoms with Crippen LogP contribution in [-0.2, 0) is 15.7 Å². The largest absolute Gasteiger partial charge is 0.495 e. The van der Waals surface area contributed by atoms with E-state index >= 15 is 0 Å². The Morgan fingerprint density at radius 2 is 1.65 bits per heavy atom. The molecule has 0 amide bonds. The summed E-state index contributed by atoms with van der Waals surface area (Å²) in [4.78, 5) is 19.3. The summed E-state index contributed by atoms with van der Waals surface area (Å²) in [6.07, 6.45) is -6.14. The fourth-order valence-corrected chi connectivity index (χ4v) is 4.56. The molecule has 1 saturated heterocycles. The fourth-order valence-electron chi connectivity index (χ4n) is 4.01. The summed E-state index contributed by atoms with van der Waals surface area (Å²) in [5, 5.41) is 0. The van der Waals surface area contributed by atoms with Crippen LogP contribution in [0.5, 0.6) is 11.5 Å². The van der Waals surface area contributed by atoms with Gasteiger partial charge in [-0.1, -0.05) is 12.1 Å². The van der Waals surface area contributed by atoms with Gasteiger partial charge in [-0.3, -0.25) is 4.79 Å². The summed E-state index contributed by atoms with van der Waals surface area (Å²) >= 11 is 3.28. The van der Waals surface area contributed by atoms with Crippen LogP contribution in [0.25, 0.3) is 11.3 Å². The van der Waals surface area contributed by atoms with Gasteiger partial charge in [0.2, 0.25) is 5.76 Å². The third-order valence-corrected chi connectivity index (χ3v) is 6.64. The van der Waals surface area contributed by atoms with E-state index in [9.17, 15) is 18.0 Å². The van der Waals surface area contributed by atoms with Crippen molar-refractivity contribution < 1.29 is 41.3 Å². The lowest BCUT2D eigenvalue weighted by atomic mass is 10.0. The number of oxazole rings is 1. The average molecular weight is 585 g/mol. The number of carbonyl (C=O) groups excluding carboxylic acids is 1. The highest BCUT2D eigenvalue weighted by Gasteiger charge is 2.42. The molecule has 0 saturated carbocycles. The van der Waals surface area contributed by atoms with Crippen LogP contribution >= 0.6 is 15.9 Å². The van der Waals surface area contributed by atoms with E-state index in [2.05, 4.69) is 25.8 Å². The number of ketones is 1. The molecule has 1 fully saturated rings. The van der Waals surface area contributed by atoms with E-state index in [1.165, 1.54) is 33.5 Å². The predicted molar refractivity (Wildman–Crippen MR) is 131 cm³/mol. The number of methoxy groups -OCH3 is 3. The van der Waals surface area contributed by atoms with Gasteiger partial charge in [0.15, 0.2) is 6.10 Å². The Hall–Kier alpha value is -3.09. The molecule has 12 heteroatoms. The molecule has 198 valence electrons. The third-order valence-electron chi connectivity index (χ3n) is 5.86. The summed E-state index contributed by atoms with van der Waals surface area (Å²) in [5.74, 6) is -2.57. The number of benzene rings is 2. The monoisotopic (exact) mass is 584 g/mol. The van der Waals surface area contributed by atoms with Crippen LogP contribution in [0.1, 0.15) is 28.1 Å². The van der Waals surface area contributed by atoms with E-state index in [0.29, 0.717) is 23.2 Å². The first kappa shape index (κ1) is 27.0. The zero-order valence-corrected chi connectivity index (χ0v) is 21.8. The highest BCUT2D eigenvalue weighted by atomic mass is 79.9. The Kier molecular flexibility index (Phi) is 8.10. The van der Waals surface area contributed by atoms with Crippen LogP contribution in [0.4, 0.5) is 18.9 Å². The predicted octanol–water partition coefficient (Wildman–Crippen LogP) is 5.55. The molecule has 37 heavy (non-hydrogen) atoms. The van der Waals surface area contributed by atoms with Gasteiger partial charge in [0.1, 0.15) is 21.7 Å². The summed E-state index contributed by atoms with van der Waals surface area (Å²) in [6.45, 7) is 2.70. The Bertz CT molecular complexity index is 1230. The normalized spacial score (nSPS) is 14.9. The lowest BCUT2D eigenvalue weighted by Crippen LogP contribution is -2.36. The number of alkyl halides is 3. The summed E-state index contributed by atoms with van der Waals surface area (Å²) in [7, 11) is 4.01. The number of morpholine rings is 1. The molecule has 0 N–H and O–H groups in total. The van der Waals surface area contributed by atoms with Crippen LogP contribution < -0.4 is 14.4 Å². The summed E-state index contributed by atoms with van der Waals surface area (Å²) < 4.78 is 68.4. The molecule has 0 radical (unpaired) electrons. The van der Waals surface area contributed by atoms with E-state index in [-0.39, 0.29) is 17.1 Å². The van der Waals surface area contributed by atoms with Crippen molar-refractivity contribution in [1.82, 2.24) is 4.98 Å². The molecule has 8 nitrogen and oxygen atoms in total. The van der Waals surface area contributed by atoms with Crippen molar-refractivity contribution in [2.24, 2.45) is 0 Å². The molecule has 2 heterocycles. The Morgan fingerprint density at radius 1 is 1.05 bits per heavy atom. The van der Waals surface area contributed by atoms with E-state index in [1.807, 2.05) is 12.1 Å². The number of nitrogens with zero attached hydrogens (tertiary/aromatic N) is 2. The highest BCUT2D eigenvalue weighted by Crippen LogP contribution is 2.43. The zero-order chi connectivity index (χ0) is 26.7. The number of halogens is 4. The van der Waals surface area contributed by atoms with Gasteiger partial charge in [0, 0.05) is 31.5 Å². The van der Waals surface area contributed by atoms with Gasteiger partial charge in [-0.2, -0.15) is 13.2 Å². The van der Waals surface area contributed by atoms with Crippen LogP contribution in [0.15, 0.2) is 45.3 Å². The third kappa shape index (κ3) is 5.60. The first-order valence-electron chi connectivity index (χ1n) is 11.2. The van der Waals surface area contributed by atoms with Crippen LogP contribution in [0.3, 0.4) is 0 Å². The minimum Gasteiger partial charge on any atom is -0.495 e. The van der Waals surface area contributed by atoms with Crippen molar-refractivity contribution in [2.75, 3.05) is 52.5 Å². The van der Waals surface area contributed by atoms with Gasteiger partial charge in [-0.25, -0.2) is 4.98 Å². The van der Waals surface area contributed by atoms with E-state index in [1.54, 1.807) is 12.1 Å². The van der Waals surface area contributed by atoms with E-state index in [0.717, 1.165) is 18.8 Å². The zero-order valence-electron chi connectivity index (χ0n) is 20.2. The SMILES string of the molecule is COc1cc(-c2nc(C(=O)C(OC)c3ccc(N4CCOCC4)cc3)oc2C(F)(F)F)cc(OC)c1Br. The minimum atomic E-state index is -4.92. The van der Waals surface area contributed by atoms with Crippen LogP contribution in [-0.4, -0.2) is 58.4 Å². The standard InChI is InChI=1S/C25H24BrF3N2O6/c1-33-17-12-15(13-18(34-2)19(17)26)20-23(25(27,28)29)37-24(30-20)21(32)22(35-3)14-4-6-16(7-5-14)31-8-10-36-11-9-31/h4-7,12-13,22H,8-11H2,1-3H3. The van der Waals surface area contributed by atoms with Gasteiger partial charge in [0.25, 0.3) is 11.7 Å². The second kappa shape index (κ2) is 11.1. The molecule has 1 unspecified atom stereocenters. The number of hydrogen-bond donors (Lipinski definition) is 0. The maximum Gasteiger partial charge on any atom is 0.451 e. The summed E-state index contributed by atoms with van der Waals surface area (Å²) in [5.41, 5.74) is 0.809. The van der Waals surface area contributed by atoms with Crippen LogP contribution in [0.2, 0.25) is 0 Å². The number of aromatic nitrogens is 1. The van der Waals surface area contributed by atoms with Crippen molar-refractivity contribution in [3.63, 3.8) is 0 Å². The van der Waals surface area contributed by atoms with Gasteiger partial charge < -0.3 is 28.3 Å². The molecule has 3 aromatic rings. The molecule has 1 atom stereocenters. The lowest BCUT2D eigenvalue weighted by Gasteiger charge is -2.29. The average Bonchev–Trinajstić information content (AvgIpc) is 3.37. The van der Waals surface area contributed by atoms with Gasteiger partial charge >= 0.3 is 6.18 Å². The number of rotatable bonds is 8. The number of hydrogen-bond acceptors (Lipinski definition) is 8. The molecule has 0 aliphatic carbocycles. The quantitative estimate of drug-likeness (QED) is 0.319. The van der Waals surface area contributed by atoms with Gasteiger partial charge in [0.05, 0.1) is 27.4 Å². The maximum absolute atomic E-state index is 13.9. The summed E-state index contributed by atoms with van der Waals surface area (Å²) in [6, 6.07) is 9.70. The fraction of sp³-hybridized carbons (Fsp3) is 0.360. The topological polar surface area (TPSA) is 83.3 Å².